The first kappa shape index (κ1) is 11.3. The molecular weight excluding hydrogens is 220 g/mol. The van der Waals surface area contributed by atoms with Crippen molar-refractivity contribution in [2.75, 3.05) is 0 Å². The van der Waals surface area contributed by atoms with Crippen molar-refractivity contribution < 1.29 is 14.7 Å². The van der Waals surface area contributed by atoms with Gasteiger partial charge < -0.3 is 15.8 Å². The van der Waals surface area contributed by atoms with E-state index in [9.17, 15) is 9.59 Å². The van der Waals surface area contributed by atoms with Crippen LogP contribution in [0.1, 0.15) is 15.9 Å². The highest BCUT2D eigenvalue weighted by Crippen LogP contribution is 2.20. The second-order valence-electron chi connectivity index (χ2n) is 3.89. The van der Waals surface area contributed by atoms with Gasteiger partial charge in [-0.1, -0.05) is 12.1 Å². The highest BCUT2D eigenvalue weighted by molar-refractivity contribution is 5.89. The molecule has 0 aliphatic carbocycles. The quantitative estimate of drug-likeness (QED) is 0.683. The number of aromatic amines is 1. The second-order valence-corrected chi connectivity index (χ2v) is 3.89. The number of H-pyrrole nitrogens is 1. The zero-order valence-corrected chi connectivity index (χ0v) is 9.01. The molecule has 0 spiro atoms. The van der Waals surface area contributed by atoms with E-state index in [-0.39, 0.29) is 6.42 Å². The maximum absolute atomic E-state index is 10.7. The minimum atomic E-state index is -1.02. The Morgan fingerprint density at radius 3 is 2.94 bits per heavy atom. The van der Waals surface area contributed by atoms with Crippen molar-refractivity contribution in [2.45, 2.75) is 12.5 Å². The normalized spacial score (nSPS) is 12.5. The SMILES string of the molecule is NC(Cc1c[nH]c2cc(C=O)ccc12)C(=O)O. The molecule has 1 unspecified atom stereocenters. The summed E-state index contributed by atoms with van der Waals surface area (Å²) in [5.74, 6) is -1.02. The van der Waals surface area contributed by atoms with Crippen molar-refractivity contribution in [3.8, 4) is 0 Å². The molecule has 2 rings (SSSR count). The van der Waals surface area contributed by atoms with Crippen LogP contribution in [-0.4, -0.2) is 28.4 Å². The van der Waals surface area contributed by atoms with Crippen molar-refractivity contribution in [1.29, 1.82) is 0 Å². The molecule has 0 saturated carbocycles. The third kappa shape index (κ3) is 2.19. The van der Waals surface area contributed by atoms with Crippen molar-refractivity contribution in [3.63, 3.8) is 0 Å². The Morgan fingerprint density at radius 1 is 1.53 bits per heavy atom. The molecule has 5 nitrogen and oxygen atoms in total. The topological polar surface area (TPSA) is 96.2 Å². The average Bonchev–Trinajstić information content (AvgIpc) is 2.71. The molecule has 2 aromatic rings. The third-order valence-corrected chi connectivity index (χ3v) is 2.68. The summed E-state index contributed by atoms with van der Waals surface area (Å²) in [6, 6.07) is 4.29. The van der Waals surface area contributed by atoms with Crippen LogP contribution in [0.5, 0.6) is 0 Å². The van der Waals surface area contributed by atoms with Gasteiger partial charge in [-0.05, 0) is 11.6 Å². The summed E-state index contributed by atoms with van der Waals surface area (Å²) in [5.41, 5.74) is 7.71. The number of benzene rings is 1. The molecule has 0 bridgehead atoms. The van der Waals surface area contributed by atoms with E-state index in [0.29, 0.717) is 5.56 Å². The van der Waals surface area contributed by atoms with Gasteiger partial charge in [-0.3, -0.25) is 9.59 Å². The van der Waals surface area contributed by atoms with E-state index >= 15 is 0 Å². The van der Waals surface area contributed by atoms with Gasteiger partial charge in [-0.15, -0.1) is 0 Å². The number of aliphatic carboxylic acids is 1. The monoisotopic (exact) mass is 232 g/mol. The van der Waals surface area contributed by atoms with Crippen LogP contribution in [0.3, 0.4) is 0 Å². The van der Waals surface area contributed by atoms with E-state index in [1.807, 2.05) is 0 Å². The van der Waals surface area contributed by atoms with Gasteiger partial charge in [0.2, 0.25) is 0 Å². The zero-order chi connectivity index (χ0) is 12.4. The smallest absolute Gasteiger partial charge is 0.320 e. The molecule has 0 aliphatic rings. The molecule has 4 N–H and O–H groups in total. The molecule has 1 aromatic carbocycles. The highest BCUT2D eigenvalue weighted by Gasteiger charge is 2.14. The van der Waals surface area contributed by atoms with E-state index in [1.54, 1.807) is 24.4 Å². The first-order valence-electron chi connectivity index (χ1n) is 5.15. The summed E-state index contributed by atoms with van der Waals surface area (Å²) >= 11 is 0. The summed E-state index contributed by atoms with van der Waals surface area (Å²) in [6.45, 7) is 0. The predicted octanol–water partition coefficient (Wildman–Crippen LogP) is 0.935. The van der Waals surface area contributed by atoms with Gasteiger partial charge in [-0.2, -0.15) is 0 Å². The fourth-order valence-corrected chi connectivity index (χ4v) is 1.77. The fraction of sp³-hybridized carbons (Fsp3) is 0.167. The lowest BCUT2D eigenvalue weighted by Gasteiger charge is -2.04. The molecule has 0 amide bonds. The van der Waals surface area contributed by atoms with Crippen molar-refractivity contribution in [3.05, 3.63) is 35.5 Å². The Hall–Kier alpha value is -2.14. The lowest BCUT2D eigenvalue weighted by Crippen LogP contribution is -2.32. The van der Waals surface area contributed by atoms with Crippen LogP contribution in [0.25, 0.3) is 10.9 Å². The van der Waals surface area contributed by atoms with E-state index in [4.69, 9.17) is 10.8 Å². The minimum Gasteiger partial charge on any atom is -0.480 e. The Bertz CT molecular complexity index is 574. The number of rotatable bonds is 4. The Morgan fingerprint density at radius 2 is 2.29 bits per heavy atom. The number of hydrogen-bond donors (Lipinski definition) is 3. The van der Waals surface area contributed by atoms with Gasteiger partial charge in [0.05, 0.1) is 0 Å². The lowest BCUT2D eigenvalue weighted by molar-refractivity contribution is -0.138. The molecule has 17 heavy (non-hydrogen) atoms. The van der Waals surface area contributed by atoms with E-state index in [2.05, 4.69) is 4.98 Å². The summed E-state index contributed by atoms with van der Waals surface area (Å²) in [7, 11) is 0. The molecule has 0 radical (unpaired) electrons. The summed E-state index contributed by atoms with van der Waals surface area (Å²) in [4.78, 5) is 24.3. The molecule has 1 heterocycles. The van der Waals surface area contributed by atoms with Crippen LogP contribution in [0, 0.1) is 0 Å². The number of aldehydes is 1. The van der Waals surface area contributed by atoms with Gasteiger partial charge >= 0.3 is 5.97 Å². The average molecular weight is 232 g/mol. The van der Waals surface area contributed by atoms with Gasteiger partial charge in [-0.25, -0.2) is 0 Å². The number of carbonyl (C=O) groups is 2. The fourth-order valence-electron chi connectivity index (χ4n) is 1.77. The largest absolute Gasteiger partial charge is 0.480 e. The zero-order valence-electron chi connectivity index (χ0n) is 9.01. The molecule has 0 fully saturated rings. The number of aromatic nitrogens is 1. The van der Waals surface area contributed by atoms with Crippen molar-refractivity contribution in [2.24, 2.45) is 5.73 Å². The van der Waals surface area contributed by atoms with Crippen LogP contribution < -0.4 is 5.73 Å². The molecule has 1 aromatic heterocycles. The van der Waals surface area contributed by atoms with Crippen LogP contribution >= 0.6 is 0 Å². The van der Waals surface area contributed by atoms with Gasteiger partial charge in [0.1, 0.15) is 12.3 Å². The predicted molar refractivity (Wildman–Crippen MR) is 63.0 cm³/mol. The molecule has 88 valence electrons. The van der Waals surface area contributed by atoms with Gasteiger partial charge in [0.25, 0.3) is 0 Å². The number of nitrogens with one attached hydrogen (secondary N) is 1. The number of carbonyl (C=O) groups excluding carboxylic acids is 1. The summed E-state index contributed by atoms with van der Waals surface area (Å²) in [6.07, 6.45) is 2.75. The third-order valence-electron chi connectivity index (χ3n) is 2.68. The van der Waals surface area contributed by atoms with E-state index < -0.39 is 12.0 Å². The Balaban J connectivity index is 2.36. The van der Waals surface area contributed by atoms with Gasteiger partial charge in [0.15, 0.2) is 0 Å². The highest BCUT2D eigenvalue weighted by atomic mass is 16.4. The van der Waals surface area contributed by atoms with E-state index in [0.717, 1.165) is 22.8 Å². The molecule has 5 heteroatoms. The lowest BCUT2D eigenvalue weighted by atomic mass is 10.0. The second kappa shape index (κ2) is 4.39. The first-order valence-corrected chi connectivity index (χ1v) is 5.15. The van der Waals surface area contributed by atoms with Crippen molar-refractivity contribution in [1.82, 2.24) is 4.98 Å². The number of carboxylic acids is 1. The van der Waals surface area contributed by atoms with Gasteiger partial charge in [0, 0.05) is 29.1 Å². The minimum absolute atomic E-state index is 0.260. The van der Waals surface area contributed by atoms with Crippen LogP contribution in [0.2, 0.25) is 0 Å². The molecule has 0 saturated heterocycles. The van der Waals surface area contributed by atoms with E-state index in [1.165, 1.54) is 0 Å². The number of hydrogen-bond acceptors (Lipinski definition) is 3. The number of carboxylic acid groups (broad SMARTS) is 1. The molecule has 1 atom stereocenters. The maximum atomic E-state index is 10.7. The first-order chi connectivity index (χ1) is 8.11. The number of fused-ring (bicyclic) bond motifs is 1. The number of nitrogens with two attached hydrogens (primary N) is 1. The van der Waals surface area contributed by atoms with Crippen molar-refractivity contribution >= 4 is 23.2 Å². The molecular formula is C12H12N2O3. The van der Waals surface area contributed by atoms with Crippen LogP contribution in [0.4, 0.5) is 0 Å². The Labute approximate surface area is 97.2 Å². The van der Waals surface area contributed by atoms with Crippen LogP contribution in [-0.2, 0) is 11.2 Å². The summed E-state index contributed by atoms with van der Waals surface area (Å²) < 4.78 is 0. The molecule has 0 aliphatic heterocycles. The summed E-state index contributed by atoms with van der Waals surface area (Å²) in [5, 5.41) is 9.65. The standard InChI is InChI=1S/C12H12N2O3/c13-10(12(16)17)4-8-5-14-11-3-7(6-15)1-2-9(8)11/h1-3,5-6,10,14H,4,13H2,(H,16,17). The van der Waals surface area contributed by atoms with Crippen LogP contribution in [0.15, 0.2) is 24.4 Å². The Kier molecular flexibility index (Phi) is 2.93. The maximum Gasteiger partial charge on any atom is 0.320 e.